The van der Waals surface area contributed by atoms with E-state index >= 15 is 0 Å². The zero-order valence-corrected chi connectivity index (χ0v) is 19.0. The maximum atomic E-state index is 12.8. The molecule has 1 aliphatic carbocycles. The van der Waals surface area contributed by atoms with Crippen LogP contribution in [0.2, 0.25) is 5.02 Å². The second-order valence-corrected chi connectivity index (χ2v) is 10.9. The molecule has 0 atom stereocenters. The maximum absolute atomic E-state index is 12.8. The van der Waals surface area contributed by atoms with Gasteiger partial charge >= 0.3 is 0 Å². The molecule has 10 heteroatoms. The second-order valence-electron chi connectivity index (χ2n) is 8.39. The summed E-state index contributed by atoms with van der Waals surface area (Å²) >= 11 is 6.16. The molecule has 2 aliphatic heterocycles. The van der Waals surface area contributed by atoms with Gasteiger partial charge in [0, 0.05) is 44.7 Å². The minimum atomic E-state index is -3.78. The van der Waals surface area contributed by atoms with Crippen molar-refractivity contribution in [3.63, 3.8) is 0 Å². The minimum absolute atomic E-state index is 0.00176. The Bertz CT molecular complexity index is 954. The Morgan fingerprint density at radius 1 is 1.13 bits per heavy atom. The number of halogens is 1. The molecule has 31 heavy (non-hydrogen) atoms. The quantitative estimate of drug-likeness (QED) is 0.710. The predicted octanol–water partition coefficient (Wildman–Crippen LogP) is 2.31. The number of carbonyl (C=O) groups is 2. The first-order valence-corrected chi connectivity index (χ1v) is 12.9. The Hall–Kier alpha value is -1.84. The van der Waals surface area contributed by atoms with Gasteiger partial charge in [-0.3, -0.25) is 14.5 Å². The highest BCUT2D eigenvalue weighted by atomic mass is 35.5. The van der Waals surface area contributed by atoms with Gasteiger partial charge in [-0.05, 0) is 18.9 Å². The van der Waals surface area contributed by atoms with Crippen LogP contribution >= 0.6 is 11.6 Å². The maximum Gasteiger partial charge on any atom is 0.262 e. The molecular weight excluding hydrogens is 442 g/mol. The molecule has 1 aromatic rings. The van der Waals surface area contributed by atoms with Gasteiger partial charge in [0.1, 0.15) is 5.75 Å². The van der Waals surface area contributed by atoms with Crippen LogP contribution < -0.4 is 10.1 Å². The number of nitrogens with zero attached hydrogens (tertiary/aromatic N) is 2. The number of sulfone groups is 1. The first kappa shape index (κ1) is 22.4. The van der Waals surface area contributed by atoms with Crippen molar-refractivity contribution in [2.45, 2.75) is 49.5 Å². The van der Waals surface area contributed by atoms with Crippen molar-refractivity contribution >= 4 is 38.9 Å². The molecule has 8 nitrogen and oxygen atoms in total. The fourth-order valence-electron chi connectivity index (χ4n) is 4.59. The Balaban J connectivity index is 1.33. The largest absolute Gasteiger partial charge is 0.482 e. The van der Waals surface area contributed by atoms with Gasteiger partial charge in [0.25, 0.3) is 5.91 Å². The van der Waals surface area contributed by atoms with Crippen molar-refractivity contribution in [2.24, 2.45) is 0 Å². The molecule has 4 rings (SSSR count). The van der Waals surface area contributed by atoms with Gasteiger partial charge in [0.15, 0.2) is 16.4 Å². The van der Waals surface area contributed by atoms with E-state index in [2.05, 4.69) is 10.2 Å². The number of carbonyl (C=O) groups excluding carboxylic acids is 2. The van der Waals surface area contributed by atoms with Crippen LogP contribution in [0.5, 0.6) is 5.75 Å². The van der Waals surface area contributed by atoms with E-state index < -0.39 is 9.84 Å². The zero-order chi connectivity index (χ0) is 22.0. The number of hydrogen-bond acceptors (Lipinski definition) is 6. The number of ether oxygens (including phenoxy) is 1. The van der Waals surface area contributed by atoms with Crippen LogP contribution in [0.3, 0.4) is 0 Å². The lowest BCUT2D eigenvalue weighted by atomic mass is 9.94. The van der Waals surface area contributed by atoms with Crippen molar-refractivity contribution in [3.05, 3.63) is 17.2 Å². The van der Waals surface area contributed by atoms with Crippen LogP contribution in [-0.4, -0.2) is 74.6 Å². The van der Waals surface area contributed by atoms with Gasteiger partial charge < -0.3 is 15.0 Å². The highest BCUT2D eigenvalue weighted by molar-refractivity contribution is 7.91. The van der Waals surface area contributed by atoms with Gasteiger partial charge in [0.2, 0.25) is 5.91 Å². The van der Waals surface area contributed by atoms with Crippen molar-refractivity contribution in [3.8, 4) is 5.75 Å². The zero-order valence-electron chi connectivity index (χ0n) is 17.4. The molecule has 1 saturated carbocycles. The third kappa shape index (κ3) is 5.15. The lowest BCUT2D eigenvalue weighted by molar-refractivity contribution is -0.133. The van der Waals surface area contributed by atoms with Gasteiger partial charge in [0.05, 0.1) is 21.4 Å². The predicted molar refractivity (Wildman–Crippen MR) is 117 cm³/mol. The lowest BCUT2D eigenvalue weighted by Crippen LogP contribution is -2.52. The van der Waals surface area contributed by atoms with Crippen LogP contribution in [0.1, 0.15) is 38.5 Å². The van der Waals surface area contributed by atoms with Crippen LogP contribution in [0.4, 0.5) is 5.69 Å². The topological polar surface area (TPSA) is 96.0 Å². The van der Waals surface area contributed by atoms with Crippen molar-refractivity contribution in [1.29, 1.82) is 0 Å². The summed E-state index contributed by atoms with van der Waals surface area (Å²) in [5.41, 5.74) is 0.340. The molecule has 1 saturated heterocycles. The van der Waals surface area contributed by atoms with Crippen molar-refractivity contribution < 1.29 is 22.7 Å². The van der Waals surface area contributed by atoms with Crippen molar-refractivity contribution in [1.82, 2.24) is 9.80 Å². The van der Waals surface area contributed by atoms with E-state index in [1.54, 1.807) is 4.90 Å². The Labute approximate surface area is 187 Å². The van der Waals surface area contributed by atoms with E-state index in [-0.39, 0.29) is 46.3 Å². The normalized spacial score (nSPS) is 20.7. The van der Waals surface area contributed by atoms with E-state index in [0.29, 0.717) is 24.8 Å². The molecule has 170 valence electrons. The third-order valence-electron chi connectivity index (χ3n) is 6.34. The van der Waals surface area contributed by atoms with E-state index in [1.807, 2.05) is 0 Å². The molecule has 0 spiro atoms. The van der Waals surface area contributed by atoms with Gasteiger partial charge in [-0.15, -0.1) is 0 Å². The van der Waals surface area contributed by atoms with Crippen LogP contribution in [0, 0.1) is 0 Å². The molecular formula is C21H28ClN3O5S. The summed E-state index contributed by atoms with van der Waals surface area (Å²) in [6.07, 6.45) is 6.27. The molecule has 0 radical (unpaired) electrons. The Morgan fingerprint density at radius 3 is 2.55 bits per heavy atom. The molecule has 0 bridgehead atoms. The second kappa shape index (κ2) is 9.34. The molecule has 1 aromatic carbocycles. The monoisotopic (exact) mass is 469 g/mol. The van der Waals surface area contributed by atoms with Gasteiger partial charge in [-0.2, -0.15) is 0 Å². The van der Waals surface area contributed by atoms with E-state index in [1.165, 1.54) is 44.2 Å². The lowest BCUT2D eigenvalue weighted by Gasteiger charge is -2.40. The molecule has 2 heterocycles. The number of hydrogen-bond donors (Lipinski definition) is 1. The van der Waals surface area contributed by atoms with Crippen LogP contribution in [0.25, 0.3) is 0 Å². The first-order valence-electron chi connectivity index (χ1n) is 10.8. The van der Waals surface area contributed by atoms with Gasteiger partial charge in [-0.25, -0.2) is 8.42 Å². The number of nitrogens with one attached hydrogen (secondary N) is 1. The summed E-state index contributed by atoms with van der Waals surface area (Å²) in [5, 5.41) is 2.59. The van der Waals surface area contributed by atoms with E-state index in [4.69, 9.17) is 16.3 Å². The summed E-state index contributed by atoms with van der Waals surface area (Å²) < 4.78 is 31.0. The standard InChI is InChI=1S/C21H28ClN3O5S/c22-16-12-17-18(30-14-20(26)23-17)13-19(16)31(28,29)11-6-21(27)25-9-7-24(8-10-25)15-4-2-1-3-5-15/h12-13,15H,1-11,14H2,(H,23,26). The average molecular weight is 470 g/mol. The summed E-state index contributed by atoms with van der Waals surface area (Å²) in [6, 6.07) is 3.32. The molecule has 1 N–H and O–H groups in total. The summed E-state index contributed by atoms with van der Waals surface area (Å²) in [7, 11) is -3.78. The number of piperazine rings is 1. The molecule has 3 aliphatic rings. The van der Waals surface area contributed by atoms with E-state index in [0.717, 1.165) is 13.1 Å². The fourth-order valence-corrected chi connectivity index (χ4v) is 6.41. The number of rotatable bonds is 5. The number of fused-ring (bicyclic) bond motifs is 1. The molecule has 0 unspecified atom stereocenters. The highest BCUT2D eigenvalue weighted by Gasteiger charge is 2.29. The SMILES string of the molecule is O=C1COc2cc(S(=O)(=O)CCC(=O)N3CCN(C4CCCCC4)CC3)c(Cl)cc2N1. The van der Waals surface area contributed by atoms with E-state index in [9.17, 15) is 18.0 Å². The molecule has 0 aromatic heterocycles. The summed E-state index contributed by atoms with van der Waals surface area (Å²) in [4.78, 5) is 28.2. The minimum Gasteiger partial charge on any atom is -0.482 e. The first-order chi connectivity index (χ1) is 14.8. The van der Waals surface area contributed by atoms with Gasteiger partial charge in [-0.1, -0.05) is 30.9 Å². The Kier molecular flexibility index (Phi) is 6.74. The van der Waals surface area contributed by atoms with Crippen molar-refractivity contribution in [2.75, 3.05) is 43.9 Å². The summed E-state index contributed by atoms with van der Waals surface area (Å²) in [5.74, 6) is -0.537. The Morgan fingerprint density at radius 2 is 1.84 bits per heavy atom. The highest BCUT2D eigenvalue weighted by Crippen LogP contribution is 2.36. The smallest absolute Gasteiger partial charge is 0.262 e. The average Bonchev–Trinajstić information content (AvgIpc) is 2.77. The summed E-state index contributed by atoms with van der Waals surface area (Å²) in [6.45, 7) is 2.80. The number of amides is 2. The molecule has 2 fully saturated rings. The number of benzene rings is 1. The third-order valence-corrected chi connectivity index (χ3v) is 8.52. The van der Waals surface area contributed by atoms with Crippen LogP contribution in [-0.2, 0) is 19.4 Å². The molecule has 2 amide bonds. The number of anilines is 1. The van der Waals surface area contributed by atoms with Crippen LogP contribution in [0.15, 0.2) is 17.0 Å². The fraction of sp³-hybridized carbons (Fsp3) is 0.619.